The molecule has 1 aromatic heterocycles. The number of thiazole rings is 1. The number of benzene rings is 2. The zero-order valence-electron chi connectivity index (χ0n) is 17.4. The van der Waals surface area contributed by atoms with Crippen molar-refractivity contribution >= 4 is 32.9 Å². The summed E-state index contributed by atoms with van der Waals surface area (Å²) in [6, 6.07) is 6.46. The SMILES string of the molecule is O=S(=O)(Nc1cscn1)c1c(F)cc(NCc2c(F)cccc2CN2CCOCC2)cc1F. The van der Waals surface area contributed by atoms with E-state index in [-0.39, 0.29) is 18.1 Å². The average molecular weight is 499 g/mol. The quantitative estimate of drug-likeness (QED) is 0.492. The van der Waals surface area contributed by atoms with Crippen LogP contribution >= 0.6 is 11.3 Å². The maximum Gasteiger partial charge on any atom is 0.268 e. The Hall–Kier alpha value is -2.67. The summed E-state index contributed by atoms with van der Waals surface area (Å²) in [7, 11) is -4.52. The number of sulfonamides is 1. The predicted molar refractivity (Wildman–Crippen MR) is 119 cm³/mol. The Balaban J connectivity index is 1.51. The van der Waals surface area contributed by atoms with Gasteiger partial charge in [0.2, 0.25) is 0 Å². The number of ether oxygens (including phenoxy) is 1. The maximum absolute atomic E-state index is 14.6. The van der Waals surface area contributed by atoms with Gasteiger partial charge in [-0.25, -0.2) is 26.6 Å². The number of hydrogen-bond acceptors (Lipinski definition) is 7. The van der Waals surface area contributed by atoms with Gasteiger partial charge in [0, 0.05) is 42.8 Å². The molecule has 176 valence electrons. The van der Waals surface area contributed by atoms with E-state index in [1.165, 1.54) is 17.0 Å². The second-order valence-electron chi connectivity index (χ2n) is 7.37. The normalized spacial score (nSPS) is 14.9. The first-order valence-corrected chi connectivity index (χ1v) is 12.5. The van der Waals surface area contributed by atoms with Gasteiger partial charge in [-0.2, -0.15) is 0 Å². The molecule has 1 aliphatic rings. The first-order valence-electron chi connectivity index (χ1n) is 10.0. The minimum Gasteiger partial charge on any atom is -0.381 e. The fraction of sp³-hybridized carbons (Fsp3) is 0.286. The van der Waals surface area contributed by atoms with Gasteiger partial charge in [-0.3, -0.25) is 9.62 Å². The molecule has 1 aliphatic heterocycles. The van der Waals surface area contributed by atoms with E-state index in [0.717, 1.165) is 42.1 Å². The first kappa shape index (κ1) is 23.5. The Morgan fingerprint density at radius 1 is 1.09 bits per heavy atom. The van der Waals surface area contributed by atoms with Crippen LogP contribution in [0.2, 0.25) is 0 Å². The van der Waals surface area contributed by atoms with E-state index < -0.39 is 32.4 Å². The van der Waals surface area contributed by atoms with Crippen LogP contribution in [-0.4, -0.2) is 44.6 Å². The topological polar surface area (TPSA) is 83.6 Å². The largest absolute Gasteiger partial charge is 0.381 e. The molecule has 33 heavy (non-hydrogen) atoms. The van der Waals surface area contributed by atoms with E-state index in [4.69, 9.17) is 4.74 Å². The number of hydrogen-bond donors (Lipinski definition) is 2. The maximum atomic E-state index is 14.6. The number of aromatic nitrogens is 1. The monoisotopic (exact) mass is 498 g/mol. The predicted octanol–water partition coefficient (Wildman–Crippen LogP) is 3.81. The van der Waals surface area contributed by atoms with Crippen LogP contribution in [0.5, 0.6) is 0 Å². The van der Waals surface area contributed by atoms with Crippen molar-refractivity contribution in [3.63, 3.8) is 0 Å². The van der Waals surface area contributed by atoms with E-state index in [2.05, 4.69) is 15.2 Å². The fourth-order valence-corrected chi connectivity index (χ4v) is 5.19. The molecule has 2 aromatic carbocycles. The summed E-state index contributed by atoms with van der Waals surface area (Å²) in [5.41, 5.74) is 2.48. The van der Waals surface area contributed by atoms with E-state index in [0.29, 0.717) is 25.3 Å². The minimum atomic E-state index is -4.52. The molecule has 0 bridgehead atoms. The standard InChI is InChI=1S/C21H21F3N4O3S2/c22-17-3-1-2-14(11-28-4-6-31-7-5-28)16(17)10-25-15-8-18(23)21(19(24)9-15)33(29,30)27-20-12-32-13-26-20/h1-3,8-9,12-13,25,27H,4-7,10-11H2. The van der Waals surface area contributed by atoms with Crippen LogP contribution in [0.15, 0.2) is 46.1 Å². The number of nitrogens with zero attached hydrogens (tertiary/aromatic N) is 2. The Bertz CT molecular complexity index is 1190. The van der Waals surface area contributed by atoms with Crippen LogP contribution < -0.4 is 10.0 Å². The number of rotatable bonds is 8. The van der Waals surface area contributed by atoms with Gasteiger partial charge in [-0.05, 0) is 23.8 Å². The highest BCUT2D eigenvalue weighted by Crippen LogP contribution is 2.26. The van der Waals surface area contributed by atoms with Crippen molar-refractivity contribution in [3.8, 4) is 0 Å². The van der Waals surface area contributed by atoms with Crippen LogP contribution in [-0.2, 0) is 27.8 Å². The lowest BCUT2D eigenvalue weighted by molar-refractivity contribution is 0.0340. The molecule has 0 saturated carbocycles. The van der Waals surface area contributed by atoms with Crippen LogP contribution in [0.3, 0.4) is 0 Å². The number of morpholine rings is 1. The molecule has 0 unspecified atom stereocenters. The van der Waals surface area contributed by atoms with Gasteiger partial charge < -0.3 is 10.1 Å². The van der Waals surface area contributed by atoms with Crippen molar-refractivity contribution < 1.29 is 26.3 Å². The molecule has 2 heterocycles. The lowest BCUT2D eigenvalue weighted by atomic mass is 10.1. The third kappa shape index (κ3) is 5.64. The highest BCUT2D eigenvalue weighted by Gasteiger charge is 2.26. The van der Waals surface area contributed by atoms with Gasteiger partial charge in [-0.15, -0.1) is 11.3 Å². The second kappa shape index (κ2) is 10.1. The molecule has 0 radical (unpaired) electrons. The third-order valence-corrected chi connectivity index (χ3v) is 7.11. The van der Waals surface area contributed by atoms with E-state index in [9.17, 15) is 21.6 Å². The van der Waals surface area contributed by atoms with Crippen molar-refractivity contribution in [1.29, 1.82) is 0 Å². The molecule has 12 heteroatoms. The van der Waals surface area contributed by atoms with Gasteiger partial charge >= 0.3 is 0 Å². The molecule has 0 spiro atoms. The second-order valence-corrected chi connectivity index (χ2v) is 9.71. The zero-order chi connectivity index (χ0) is 23.4. The van der Waals surface area contributed by atoms with Crippen molar-refractivity contribution in [3.05, 3.63) is 69.8 Å². The Kier molecular flexibility index (Phi) is 7.17. The molecule has 7 nitrogen and oxygen atoms in total. The summed E-state index contributed by atoms with van der Waals surface area (Å²) in [4.78, 5) is 4.77. The third-order valence-electron chi connectivity index (χ3n) is 5.12. The number of nitrogens with one attached hydrogen (secondary N) is 2. The molecule has 0 amide bonds. The highest BCUT2D eigenvalue weighted by molar-refractivity contribution is 7.92. The van der Waals surface area contributed by atoms with Crippen molar-refractivity contribution in [2.75, 3.05) is 36.3 Å². The zero-order valence-corrected chi connectivity index (χ0v) is 19.0. The van der Waals surface area contributed by atoms with Gasteiger partial charge in [-0.1, -0.05) is 12.1 Å². The van der Waals surface area contributed by atoms with Gasteiger partial charge in [0.25, 0.3) is 10.0 Å². The van der Waals surface area contributed by atoms with Crippen molar-refractivity contribution in [1.82, 2.24) is 9.88 Å². The molecule has 4 rings (SSSR count). The lowest BCUT2D eigenvalue weighted by Crippen LogP contribution is -2.36. The van der Waals surface area contributed by atoms with Gasteiger partial charge in [0.15, 0.2) is 10.7 Å². The lowest BCUT2D eigenvalue weighted by Gasteiger charge is -2.27. The smallest absolute Gasteiger partial charge is 0.268 e. The fourth-order valence-electron chi connectivity index (χ4n) is 3.51. The summed E-state index contributed by atoms with van der Waals surface area (Å²) >= 11 is 1.13. The van der Waals surface area contributed by atoms with Crippen LogP contribution in [0.1, 0.15) is 11.1 Å². The number of halogens is 3. The summed E-state index contributed by atoms with van der Waals surface area (Å²) in [6.07, 6.45) is 0. The van der Waals surface area contributed by atoms with E-state index >= 15 is 0 Å². The summed E-state index contributed by atoms with van der Waals surface area (Å²) in [5.74, 6) is -3.03. The Morgan fingerprint density at radius 2 is 1.82 bits per heavy atom. The van der Waals surface area contributed by atoms with Crippen LogP contribution in [0.4, 0.5) is 24.7 Å². The van der Waals surface area contributed by atoms with Gasteiger partial charge in [0.05, 0.1) is 18.7 Å². The average Bonchev–Trinajstić information content (AvgIpc) is 3.25. The summed E-state index contributed by atoms with van der Waals surface area (Å²) in [5, 5.41) is 4.19. The van der Waals surface area contributed by atoms with Crippen molar-refractivity contribution in [2.45, 2.75) is 18.0 Å². The minimum absolute atomic E-state index is 0.0156. The Morgan fingerprint density at radius 3 is 2.48 bits per heavy atom. The van der Waals surface area contributed by atoms with Gasteiger partial charge in [0.1, 0.15) is 17.5 Å². The molecule has 0 aliphatic carbocycles. The molecular weight excluding hydrogens is 477 g/mol. The summed E-state index contributed by atoms with van der Waals surface area (Å²) < 4.78 is 75.9. The molecular formula is C21H21F3N4O3S2. The molecule has 1 fully saturated rings. The Labute approximate surface area is 193 Å². The molecule has 1 saturated heterocycles. The van der Waals surface area contributed by atoms with E-state index in [1.807, 2.05) is 4.72 Å². The number of anilines is 2. The molecule has 2 N–H and O–H groups in total. The summed E-state index contributed by atoms with van der Waals surface area (Å²) in [6.45, 7) is 3.14. The first-order chi connectivity index (χ1) is 15.8. The molecule has 0 atom stereocenters. The highest BCUT2D eigenvalue weighted by atomic mass is 32.2. The molecule has 3 aromatic rings. The van der Waals surface area contributed by atoms with Crippen LogP contribution in [0, 0.1) is 17.5 Å². The van der Waals surface area contributed by atoms with E-state index in [1.54, 1.807) is 12.1 Å². The van der Waals surface area contributed by atoms with Crippen molar-refractivity contribution in [2.24, 2.45) is 0 Å². The van der Waals surface area contributed by atoms with Crippen LogP contribution in [0.25, 0.3) is 0 Å².